The average molecular weight is 346 g/mol. The molecule has 1 aromatic carbocycles. The van der Waals surface area contributed by atoms with Crippen LogP contribution in [0.4, 0.5) is 5.69 Å². The van der Waals surface area contributed by atoms with E-state index >= 15 is 0 Å². The molecule has 5 atom stereocenters. The van der Waals surface area contributed by atoms with E-state index in [9.17, 15) is 13.8 Å². The number of nitrogens with one attached hydrogen (secondary N) is 1. The highest BCUT2D eigenvalue weighted by atomic mass is 32.2. The van der Waals surface area contributed by atoms with Crippen LogP contribution in [0.2, 0.25) is 0 Å². The summed E-state index contributed by atoms with van der Waals surface area (Å²) < 4.78 is 15.3. The molecule has 0 spiro atoms. The van der Waals surface area contributed by atoms with Gasteiger partial charge in [-0.1, -0.05) is 0 Å². The Morgan fingerprint density at radius 2 is 1.75 bits per heavy atom. The summed E-state index contributed by atoms with van der Waals surface area (Å²) >= 11 is 0. The maximum absolute atomic E-state index is 12.5. The summed E-state index contributed by atoms with van der Waals surface area (Å²) in [5.74, 6) is 2.86. The molecule has 128 valence electrons. The Morgan fingerprint density at radius 3 is 2.33 bits per heavy atom. The second kappa shape index (κ2) is 5.41. The van der Waals surface area contributed by atoms with Gasteiger partial charge >= 0.3 is 0 Å². The Morgan fingerprint density at radius 1 is 1.04 bits per heavy atom. The third kappa shape index (κ3) is 2.88. The second-order valence-electron chi connectivity index (χ2n) is 7.71. The number of rotatable bonds is 3. The molecule has 0 aromatic heterocycles. The number of fused-ring (bicyclic) bond motifs is 5. The van der Waals surface area contributed by atoms with Gasteiger partial charge in [-0.3, -0.25) is 9.59 Å². The molecular weight excluding hydrogens is 324 g/mol. The third-order valence-electron chi connectivity index (χ3n) is 5.73. The number of carbonyl (C=O) groups is 2. The number of hydrogen-bond acceptors (Lipinski definition) is 3. The molecule has 0 heterocycles. The molecule has 3 aliphatic carbocycles. The minimum absolute atomic E-state index is 0.113. The highest BCUT2D eigenvalue weighted by Crippen LogP contribution is 2.67. The lowest BCUT2D eigenvalue weighted by atomic mass is 9.88. The Kier molecular flexibility index (Phi) is 3.56. The fraction of sp³-hybridized carbons (Fsp3) is 0.556. The first-order chi connectivity index (χ1) is 11.3. The predicted octanol–water partition coefficient (Wildman–Crippen LogP) is 2.79. The van der Waals surface area contributed by atoms with Crippen LogP contribution < -0.4 is 5.32 Å². The van der Waals surface area contributed by atoms with E-state index in [1.54, 1.807) is 24.3 Å². The Labute approximate surface area is 142 Å². The van der Waals surface area contributed by atoms with E-state index in [4.69, 9.17) is 0 Å². The standard InChI is InChI=1S/C18H22N2O3S/c1-24(2,23)20-17(21)10-3-5-12(6-4-10)19-18(22)16-8-11-7-14(16)15-9-13(11)15/h3-6,11,13-16H,7-9H2,1-2H3,(H,19,22). The molecule has 3 saturated carbocycles. The van der Waals surface area contributed by atoms with E-state index in [-0.39, 0.29) is 11.8 Å². The van der Waals surface area contributed by atoms with Crippen molar-refractivity contribution in [3.63, 3.8) is 0 Å². The first-order valence-corrected chi connectivity index (χ1v) is 10.8. The summed E-state index contributed by atoms with van der Waals surface area (Å²) in [5.41, 5.74) is 1.07. The summed E-state index contributed by atoms with van der Waals surface area (Å²) in [6, 6.07) is 6.65. The van der Waals surface area contributed by atoms with Crippen molar-refractivity contribution in [3.8, 4) is 0 Å². The van der Waals surface area contributed by atoms with Gasteiger partial charge in [-0.05, 0) is 67.2 Å². The lowest BCUT2D eigenvalue weighted by Gasteiger charge is -2.20. The van der Waals surface area contributed by atoms with Gasteiger partial charge in [0, 0.05) is 39.4 Å². The third-order valence-corrected chi connectivity index (χ3v) is 6.34. The normalized spacial score (nSPS) is 33.0. The van der Waals surface area contributed by atoms with Crippen LogP contribution in [0, 0.1) is 29.6 Å². The molecule has 5 nitrogen and oxygen atoms in total. The monoisotopic (exact) mass is 346 g/mol. The predicted molar refractivity (Wildman–Crippen MR) is 93.1 cm³/mol. The summed E-state index contributed by atoms with van der Waals surface area (Å²) in [4.78, 5) is 24.4. The first-order valence-electron chi connectivity index (χ1n) is 8.44. The van der Waals surface area contributed by atoms with Crippen LogP contribution in [-0.4, -0.2) is 28.5 Å². The van der Waals surface area contributed by atoms with Gasteiger partial charge in [-0.25, -0.2) is 4.21 Å². The number of hydrogen-bond donors (Lipinski definition) is 1. The number of benzene rings is 1. The molecule has 0 radical (unpaired) electrons. The van der Waals surface area contributed by atoms with E-state index in [2.05, 4.69) is 9.68 Å². The number of nitrogens with zero attached hydrogens (tertiary/aromatic N) is 1. The maximum Gasteiger partial charge on any atom is 0.285 e. The Balaban J connectivity index is 1.41. The second-order valence-corrected chi connectivity index (χ2v) is 10.3. The van der Waals surface area contributed by atoms with Crippen LogP contribution in [0.1, 0.15) is 29.6 Å². The zero-order chi connectivity index (χ0) is 17.1. The largest absolute Gasteiger partial charge is 0.326 e. The smallest absolute Gasteiger partial charge is 0.285 e. The summed E-state index contributed by atoms with van der Waals surface area (Å²) in [7, 11) is -2.46. The molecule has 24 heavy (non-hydrogen) atoms. The van der Waals surface area contributed by atoms with Crippen LogP contribution in [0.5, 0.6) is 0 Å². The molecule has 2 amide bonds. The molecular formula is C18H22N2O3S. The lowest BCUT2D eigenvalue weighted by molar-refractivity contribution is -0.121. The summed E-state index contributed by atoms with van der Waals surface area (Å²) in [6.07, 6.45) is 6.46. The molecule has 5 unspecified atom stereocenters. The van der Waals surface area contributed by atoms with Crippen molar-refractivity contribution in [2.75, 3.05) is 17.8 Å². The molecule has 2 bridgehead atoms. The van der Waals surface area contributed by atoms with Gasteiger partial charge < -0.3 is 5.32 Å². The minimum Gasteiger partial charge on any atom is -0.326 e. The van der Waals surface area contributed by atoms with Crippen molar-refractivity contribution in [1.82, 2.24) is 0 Å². The molecule has 3 fully saturated rings. The Bertz CT molecular complexity index is 815. The van der Waals surface area contributed by atoms with Crippen LogP contribution in [0.25, 0.3) is 0 Å². The summed E-state index contributed by atoms with van der Waals surface area (Å²) in [5, 5.41) is 2.98. The Hall–Kier alpha value is -1.69. The van der Waals surface area contributed by atoms with Crippen LogP contribution in [-0.2, 0) is 14.5 Å². The molecule has 1 aromatic rings. The average Bonchev–Trinajstić information content (AvgIpc) is 3.10. The van der Waals surface area contributed by atoms with E-state index < -0.39 is 15.6 Å². The maximum atomic E-state index is 12.5. The van der Waals surface area contributed by atoms with Crippen molar-refractivity contribution in [2.45, 2.75) is 19.3 Å². The molecule has 1 N–H and O–H groups in total. The molecule has 0 aliphatic heterocycles. The van der Waals surface area contributed by atoms with Crippen molar-refractivity contribution in [3.05, 3.63) is 29.8 Å². The van der Waals surface area contributed by atoms with Crippen molar-refractivity contribution in [2.24, 2.45) is 34.0 Å². The van der Waals surface area contributed by atoms with Gasteiger partial charge in [-0.15, -0.1) is 0 Å². The quantitative estimate of drug-likeness (QED) is 0.914. The fourth-order valence-electron chi connectivity index (χ4n) is 4.69. The lowest BCUT2D eigenvalue weighted by Crippen LogP contribution is -2.28. The number of carbonyl (C=O) groups excluding carboxylic acids is 2. The van der Waals surface area contributed by atoms with E-state index in [1.807, 2.05) is 0 Å². The van der Waals surface area contributed by atoms with Crippen molar-refractivity contribution in [1.29, 1.82) is 0 Å². The van der Waals surface area contributed by atoms with Gasteiger partial charge in [0.25, 0.3) is 5.91 Å². The van der Waals surface area contributed by atoms with Crippen molar-refractivity contribution < 1.29 is 13.8 Å². The SMILES string of the molecule is CS(C)(=O)=NC(=O)c1ccc(NC(=O)C2CC3CC2C2CC32)cc1. The number of amides is 2. The van der Waals surface area contributed by atoms with Crippen LogP contribution >= 0.6 is 0 Å². The van der Waals surface area contributed by atoms with Gasteiger partial charge in [0.05, 0.1) is 0 Å². The molecule has 3 aliphatic rings. The topological polar surface area (TPSA) is 75.6 Å². The zero-order valence-electron chi connectivity index (χ0n) is 13.9. The van der Waals surface area contributed by atoms with Crippen molar-refractivity contribution >= 4 is 27.2 Å². The van der Waals surface area contributed by atoms with Gasteiger partial charge in [0.1, 0.15) is 0 Å². The summed E-state index contributed by atoms with van der Waals surface area (Å²) in [6.45, 7) is 0. The van der Waals surface area contributed by atoms with Gasteiger partial charge in [-0.2, -0.15) is 4.36 Å². The van der Waals surface area contributed by atoms with Crippen LogP contribution in [0.3, 0.4) is 0 Å². The molecule has 4 rings (SSSR count). The zero-order valence-corrected chi connectivity index (χ0v) is 14.7. The first kappa shape index (κ1) is 15.8. The molecule has 6 heteroatoms. The highest BCUT2D eigenvalue weighted by molar-refractivity contribution is 7.92. The fourth-order valence-corrected chi connectivity index (χ4v) is 5.19. The van der Waals surface area contributed by atoms with E-state index in [1.165, 1.54) is 25.4 Å². The van der Waals surface area contributed by atoms with E-state index in [0.717, 1.165) is 24.2 Å². The molecule has 0 saturated heterocycles. The number of anilines is 1. The van der Waals surface area contributed by atoms with Gasteiger partial charge in [0.15, 0.2) is 0 Å². The highest BCUT2D eigenvalue weighted by Gasteiger charge is 2.62. The van der Waals surface area contributed by atoms with Crippen LogP contribution in [0.15, 0.2) is 28.6 Å². The van der Waals surface area contributed by atoms with Gasteiger partial charge in [0.2, 0.25) is 5.91 Å². The minimum atomic E-state index is -2.46. The van der Waals surface area contributed by atoms with E-state index in [0.29, 0.717) is 17.2 Å².